The Kier molecular flexibility index (Phi) is 5.85. The monoisotopic (exact) mass is 315 g/mol. The van der Waals surface area contributed by atoms with E-state index in [-0.39, 0.29) is 11.9 Å². The van der Waals surface area contributed by atoms with Crippen LogP contribution in [0.15, 0.2) is 6.07 Å². The lowest BCUT2D eigenvalue weighted by Crippen LogP contribution is -2.37. The number of rotatable bonds is 6. The first-order valence-corrected chi connectivity index (χ1v) is 7.49. The maximum Gasteiger partial charge on any atom is 0.269 e. The van der Waals surface area contributed by atoms with E-state index in [4.69, 9.17) is 0 Å². The zero-order valence-corrected chi connectivity index (χ0v) is 13.1. The zero-order valence-electron chi connectivity index (χ0n) is 11.5. The summed E-state index contributed by atoms with van der Waals surface area (Å²) in [7, 11) is 1.81. The largest absolute Gasteiger partial charge is 0.347 e. The molecule has 0 bridgehead atoms. The maximum atomic E-state index is 12.2. The van der Waals surface area contributed by atoms with Crippen molar-refractivity contribution in [3.05, 3.63) is 17.5 Å². The molecule has 0 saturated heterocycles. The molecule has 18 heavy (non-hydrogen) atoms. The van der Waals surface area contributed by atoms with Crippen molar-refractivity contribution in [1.29, 1.82) is 0 Å². The van der Waals surface area contributed by atoms with Gasteiger partial charge in [-0.2, -0.15) is 5.10 Å². The van der Waals surface area contributed by atoms with Crippen LogP contribution in [-0.4, -0.2) is 27.1 Å². The third-order valence-corrected chi connectivity index (χ3v) is 3.58. The normalized spacial score (nSPS) is 12.8. The van der Waals surface area contributed by atoms with Crippen molar-refractivity contribution in [3.8, 4) is 0 Å². The molecule has 4 nitrogen and oxygen atoms in total. The number of hydrogen-bond donors (Lipinski definition) is 1. The second-order valence-corrected chi connectivity index (χ2v) is 5.60. The van der Waals surface area contributed by atoms with Gasteiger partial charge >= 0.3 is 0 Å². The highest BCUT2D eigenvalue weighted by Crippen LogP contribution is 2.09. The first-order valence-electron chi connectivity index (χ1n) is 6.37. The van der Waals surface area contributed by atoms with Crippen LogP contribution >= 0.6 is 15.9 Å². The van der Waals surface area contributed by atoms with Gasteiger partial charge in [-0.05, 0) is 24.8 Å². The zero-order chi connectivity index (χ0) is 13.7. The van der Waals surface area contributed by atoms with Crippen molar-refractivity contribution in [2.24, 2.45) is 13.0 Å². The predicted octanol–water partition coefficient (Wildman–Crippen LogP) is 2.52. The number of alkyl halides is 1. The van der Waals surface area contributed by atoms with E-state index in [1.54, 1.807) is 11.7 Å². The van der Waals surface area contributed by atoms with Crippen molar-refractivity contribution in [2.45, 2.75) is 39.7 Å². The number of halogens is 1. The summed E-state index contributed by atoms with van der Waals surface area (Å²) in [6.45, 7) is 6.34. The molecule has 0 aliphatic rings. The molecule has 1 unspecified atom stereocenters. The van der Waals surface area contributed by atoms with E-state index in [1.165, 1.54) is 0 Å². The number of nitrogens with one attached hydrogen (secondary N) is 1. The van der Waals surface area contributed by atoms with E-state index < -0.39 is 0 Å². The Morgan fingerprint density at radius 3 is 2.67 bits per heavy atom. The van der Waals surface area contributed by atoms with Crippen LogP contribution in [0.1, 0.15) is 43.4 Å². The molecule has 1 heterocycles. The molecule has 0 aliphatic carbocycles. The van der Waals surface area contributed by atoms with Crippen LogP contribution in [0.3, 0.4) is 0 Å². The fraction of sp³-hybridized carbons (Fsp3) is 0.692. The third kappa shape index (κ3) is 4.12. The summed E-state index contributed by atoms with van der Waals surface area (Å²) in [5.41, 5.74) is 1.57. The van der Waals surface area contributed by atoms with Gasteiger partial charge in [0.15, 0.2) is 0 Å². The second kappa shape index (κ2) is 6.92. The van der Waals surface area contributed by atoms with Crippen molar-refractivity contribution in [3.63, 3.8) is 0 Å². The molecule has 1 amide bonds. The average Bonchev–Trinajstić information content (AvgIpc) is 2.69. The molecule has 1 atom stereocenters. The molecule has 1 N–H and O–H groups in total. The predicted molar refractivity (Wildman–Crippen MR) is 77.1 cm³/mol. The molecular formula is C13H22BrN3O. The molecule has 0 spiro atoms. The first-order chi connectivity index (χ1) is 8.47. The van der Waals surface area contributed by atoms with Crippen LogP contribution in [0.25, 0.3) is 0 Å². The number of carbonyl (C=O) groups excluding carboxylic acids is 1. The molecule has 1 aromatic heterocycles. The Labute approximate surface area is 117 Å². The van der Waals surface area contributed by atoms with Gasteiger partial charge in [0.2, 0.25) is 0 Å². The Balaban J connectivity index is 2.71. The van der Waals surface area contributed by atoms with Gasteiger partial charge in [0, 0.05) is 18.4 Å². The number of carbonyl (C=O) groups is 1. The van der Waals surface area contributed by atoms with Crippen LogP contribution in [0.5, 0.6) is 0 Å². The van der Waals surface area contributed by atoms with Crippen LogP contribution in [0.2, 0.25) is 0 Å². The fourth-order valence-electron chi connectivity index (χ4n) is 1.90. The van der Waals surface area contributed by atoms with Gasteiger partial charge in [0.25, 0.3) is 5.91 Å². The molecule has 0 aliphatic heterocycles. The highest BCUT2D eigenvalue weighted by atomic mass is 79.9. The van der Waals surface area contributed by atoms with Crippen LogP contribution in [0.4, 0.5) is 0 Å². The molecule has 102 valence electrons. The number of aryl methyl sites for hydroxylation is 2. The molecular weight excluding hydrogens is 294 g/mol. The maximum absolute atomic E-state index is 12.2. The summed E-state index contributed by atoms with van der Waals surface area (Å²) in [6, 6.07) is 2.02. The highest BCUT2D eigenvalue weighted by Gasteiger charge is 2.17. The summed E-state index contributed by atoms with van der Waals surface area (Å²) in [5.74, 6) is 0.514. The van der Waals surface area contributed by atoms with Crippen LogP contribution in [0, 0.1) is 5.92 Å². The Hall–Kier alpha value is -0.840. The van der Waals surface area contributed by atoms with Gasteiger partial charge < -0.3 is 5.32 Å². The van der Waals surface area contributed by atoms with Gasteiger partial charge in [0.1, 0.15) is 5.69 Å². The number of nitrogens with zero attached hydrogens (tertiary/aromatic N) is 2. The third-order valence-electron chi connectivity index (χ3n) is 2.80. The molecule has 0 aromatic carbocycles. The number of amides is 1. The molecule has 1 aromatic rings. The van der Waals surface area contributed by atoms with E-state index in [2.05, 4.69) is 40.2 Å². The molecule has 1 rings (SSSR count). The van der Waals surface area contributed by atoms with E-state index in [0.717, 1.165) is 23.9 Å². The van der Waals surface area contributed by atoms with Crippen LogP contribution < -0.4 is 5.32 Å². The van der Waals surface area contributed by atoms with Gasteiger partial charge in [0.05, 0.1) is 5.69 Å². The Morgan fingerprint density at radius 2 is 2.22 bits per heavy atom. The summed E-state index contributed by atoms with van der Waals surface area (Å²) in [4.78, 5) is 12.2. The van der Waals surface area contributed by atoms with E-state index in [0.29, 0.717) is 11.6 Å². The van der Waals surface area contributed by atoms with Crippen molar-refractivity contribution < 1.29 is 4.79 Å². The smallest absolute Gasteiger partial charge is 0.269 e. The minimum absolute atomic E-state index is 0.0465. The van der Waals surface area contributed by atoms with E-state index in [9.17, 15) is 4.79 Å². The Bertz CT molecular complexity index is 401. The molecule has 0 fully saturated rings. The average molecular weight is 316 g/mol. The minimum atomic E-state index is -0.0465. The first kappa shape index (κ1) is 15.2. The van der Waals surface area contributed by atoms with Gasteiger partial charge in [-0.3, -0.25) is 9.48 Å². The fourth-order valence-corrected chi connectivity index (χ4v) is 2.33. The summed E-state index contributed by atoms with van der Waals surface area (Å²) in [5, 5.41) is 8.11. The standard InChI is InChI=1S/C13H22BrN3O/c1-5-10-7-12(17(4)16-10)13(18)15-11(8-14)6-9(2)3/h7,9,11H,5-6,8H2,1-4H3,(H,15,18). The molecule has 0 radical (unpaired) electrons. The molecule has 0 saturated carbocycles. The second-order valence-electron chi connectivity index (χ2n) is 4.95. The van der Waals surface area contributed by atoms with Gasteiger partial charge in [-0.15, -0.1) is 0 Å². The van der Waals surface area contributed by atoms with Crippen molar-refractivity contribution in [1.82, 2.24) is 15.1 Å². The number of hydrogen-bond acceptors (Lipinski definition) is 2. The van der Waals surface area contributed by atoms with E-state index >= 15 is 0 Å². The van der Waals surface area contributed by atoms with Crippen LogP contribution in [-0.2, 0) is 13.5 Å². The lowest BCUT2D eigenvalue weighted by molar-refractivity contribution is 0.0927. The lowest BCUT2D eigenvalue weighted by atomic mass is 10.1. The van der Waals surface area contributed by atoms with E-state index in [1.807, 2.05) is 13.0 Å². The number of aromatic nitrogens is 2. The summed E-state index contributed by atoms with van der Waals surface area (Å²) in [6.07, 6.45) is 1.81. The minimum Gasteiger partial charge on any atom is -0.347 e. The summed E-state index contributed by atoms with van der Waals surface area (Å²) < 4.78 is 1.65. The molecule has 5 heteroatoms. The van der Waals surface area contributed by atoms with Gasteiger partial charge in [-0.1, -0.05) is 36.7 Å². The summed E-state index contributed by atoms with van der Waals surface area (Å²) >= 11 is 3.45. The van der Waals surface area contributed by atoms with Crippen molar-refractivity contribution >= 4 is 21.8 Å². The lowest BCUT2D eigenvalue weighted by Gasteiger charge is -2.18. The Morgan fingerprint density at radius 1 is 1.56 bits per heavy atom. The SMILES string of the molecule is CCc1cc(C(=O)NC(CBr)CC(C)C)n(C)n1. The quantitative estimate of drug-likeness (QED) is 0.820. The highest BCUT2D eigenvalue weighted by molar-refractivity contribution is 9.09. The van der Waals surface area contributed by atoms with Crippen molar-refractivity contribution in [2.75, 3.05) is 5.33 Å². The topological polar surface area (TPSA) is 46.9 Å². The van der Waals surface area contributed by atoms with Gasteiger partial charge in [-0.25, -0.2) is 0 Å².